The number of hydrogen-bond acceptors (Lipinski definition) is 2. The molecule has 17 heavy (non-hydrogen) atoms. The first-order chi connectivity index (χ1) is 8.19. The van der Waals surface area contributed by atoms with E-state index in [0.29, 0.717) is 6.54 Å². The second-order valence-electron chi connectivity index (χ2n) is 3.53. The number of halogens is 2. The third kappa shape index (κ3) is 3.31. The van der Waals surface area contributed by atoms with Gasteiger partial charge in [-0.25, -0.2) is 0 Å². The topological polar surface area (TPSA) is 35.2 Å². The van der Waals surface area contributed by atoms with Gasteiger partial charge in [-0.1, -0.05) is 28.1 Å². The van der Waals surface area contributed by atoms with Crippen LogP contribution in [-0.4, -0.2) is 0 Å². The van der Waals surface area contributed by atoms with Crippen LogP contribution in [-0.2, 0) is 6.54 Å². The molecule has 0 amide bonds. The van der Waals surface area contributed by atoms with Gasteiger partial charge in [-0.15, -0.1) is 0 Å². The lowest BCUT2D eigenvalue weighted by molar-refractivity contribution is 0.479. The number of nitrogens with two attached hydrogens (primary N) is 1. The molecule has 0 saturated carbocycles. The predicted octanol–water partition coefficient (Wildman–Crippen LogP) is 4.46. The van der Waals surface area contributed by atoms with Crippen molar-refractivity contribution in [3.05, 3.63) is 57.0 Å². The summed E-state index contributed by atoms with van der Waals surface area (Å²) in [4.78, 5) is 0. The fraction of sp³-hybridized carbons (Fsp3) is 0.0769. The molecule has 88 valence electrons. The minimum absolute atomic E-state index is 0.513. The van der Waals surface area contributed by atoms with Crippen molar-refractivity contribution in [3.8, 4) is 11.5 Å². The summed E-state index contributed by atoms with van der Waals surface area (Å²) in [7, 11) is 0. The molecule has 2 aromatic carbocycles. The summed E-state index contributed by atoms with van der Waals surface area (Å²) in [5.74, 6) is 1.57. The van der Waals surface area contributed by atoms with Gasteiger partial charge in [-0.2, -0.15) is 0 Å². The molecular weight excluding hydrogens is 346 g/mol. The summed E-state index contributed by atoms with van der Waals surface area (Å²) in [6.45, 7) is 0.513. The van der Waals surface area contributed by atoms with Crippen LogP contribution >= 0.6 is 31.9 Å². The first kappa shape index (κ1) is 12.6. The van der Waals surface area contributed by atoms with Gasteiger partial charge in [0.2, 0.25) is 0 Å². The molecule has 0 aliphatic heterocycles. The van der Waals surface area contributed by atoms with Gasteiger partial charge in [0, 0.05) is 11.0 Å². The van der Waals surface area contributed by atoms with Gasteiger partial charge in [-0.3, -0.25) is 0 Å². The summed E-state index contributed by atoms with van der Waals surface area (Å²) in [5, 5.41) is 0. The van der Waals surface area contributed by atoms with Crippen LogP contribution in [0, 0.1) is 0 Å². The zero-order valence-electron chi connectivity index (χ0n) is 8.99. The highest BCUT2D eigenvalue weighted by Gasteiger charge is 2.03. The van der Waals surface area contributed by atoms with Crippen LogP contribution in [0.3, 0.4) is 0 Å². The van der Waals surface area contributed by atoms with Crippen molar-refractivity contribution in [3.63, 3.8) is 0 Å². The smallest absolute Gasteiger partial charge is 0.141 e. The fourth-order valence-electron chi connectivity index (χ4n) is 1.42. The van der Waals surface area contributed by atoms with Gasteiger partial charge >= 0.3 is 0 Å². The molecule has 0 saturated heterocycles. The van der Waals surface area contributed by atoms with Crippen LogP contribution in [0.1, 0.15) is 5.56 Å². The van der Waals surface area contributed by atoms with Crippen LogP contribution in [0.2, 0.25) is 0 Å². The van der Waals surface area contributed by atoms with E-state index in [1.54, 1.807) is 0 Å². The van der Waals surface area contributed by atoms with Crippen LogP contribution in [0.25, 0.3) is 0 Å². The zero-order valence-corrected chi connectivity index (χ0v) is 12.2. The zero-order chi connectivity index (χ0) is 12.3. The Morgan fingerprint density at radius 1 is 1.06 bits per heavy atom. The summed E-state index contributed by atoms with van der Waals surface area (Å²) < 4.78 is 7.70. The maximum absolute atomic E-state index is 5.78. The molecule has 0 heterocycles. The van der Waals surface area contributed by atoms with Crippen molar-refractivity contribution in [1.82, 2.24) is 0 Å². The van der Waals surface area contributed by atoms with Gasteiger partial charge in [0.25, 0.3) is 0 Å². The molecular formula is C13H11Br2NO. The Morgan fingerprint density at radius 3 is 2.59 bits per heavy atom. The first-order valence-corrected chi connectivity index (χ1v) is 6.69. The summed E-state index contributed by atoms with van der Waals surface area (Å²) in [6, 6.07) is 13.5. The SMILES string of the molecule is NCc1cccc(Oc2ccc(Br)cc2Br)c1. The van der Waals surface area contributed by atoms with Crippen LogP contribution in [0.5, 0.6) is 11.5 Å². The molecule has 0 aliphatic carbocycles. The molecule has 0 atom stereocenters. The van der Waals surface area contributed by atoms with Crippen molar-refractivity contribution >= 4 is 31.9 Å². The Hall–Kier alpha value is -0.840. The molecule has 0 radical (unpaired) electrons. The minimum Gasteiger partial charge on any atom is -0.456 e. The molecule has 0 unspecified atom stereocenters. The van der Waals surface area contributed by atoms with Crippen molar-refractivity contribution in [1.29, 1.82) is 0 Å². The van der Waals surface area contributed by atoms with Gasteiger partial charge in [0.1, 0.15) is 11.5 Å². The van der Waals surface area contributed by atoms with E-state index < -0.39 is 0 Å². The molecule has 2 rings (SSSR count). The molecule has 0 fully saturated rings. The molecule has 0 bridgehead atoms. The standard InChI is InChI=1S/C13H11Br2NO/c14-10-4-5-13(12(15)7-10)17-11-3-1-2-9(6-11)8-16/h1-7H,8,16H2. The van der Waals surface area contributed by atoms with Crippen LogP contribution in [0.4, 0.5) is 0 Å². The lowest BCUT2D eigenvalue weighted by atomic mass is 10.2. The third-order valence-corrected chi connectivity index (χ3v) is 3.37. The Balaban J connectivity index is 2.25. The molecule has 2 aromatic rings. The Kier molecular flexibility index (Phi) is 4.20. The van der Waals surface area contributed by atoms with Crippen molar-refractivity contribution < 1.29 is 4.74 Å². The molecule has 0 spiro atoms. The van der Waals surface area contributed by atoms with E-state index in [0.717, 1.165) is 26.0 Å². The molecule has 0 aromatic heterocycles. The van der Waals surface area contributed by atoms with E-state index >= 15 is 0 Å². The van der Waals surface area contributed by atoms with E-state index in [4.69, 9.17) is 10.5 Å². The van der Waals surface area contributed by atoms with Crippen molar-refractivity contribution in [2.24, 2.45) is 5.73 Å². The van der Waals surface area contributed by atoms with Crippen molar-refractivity contribution in [2.75, 3.05) is 0 Å². The third-order valence-electron chi connectivity index (χ3n) is 2.26. The van der Waals surface area contributed by atoms with Crippen LogP contribution < -0.4 is 10.5 Å². The highest BCUT2D eigenvalue weighted by molar-refractivity contribution is 9.11. The number of ether oxygens (including phenoxy) is 1. The molecule has 0 aliphatic rings. The lowest BCUT2D eigenvalue weighted by Gasteiger charge is -2.09. The molecule has 2 N–H and O–H groups in total. The maximum atomic E-state index is 5.78. The summed E-state index contributed by atoms with van der Waals surface area (Å²) in [6.07, 6.45) is 0. The Labute approximate surface area is 117 Å². The van der Waals surface area contributed by atoms with E-state index in [1.807, 2.05) is 42.5 Å². The van der Waals surface area contributed by atoms with E-state index in [1.165, 1.54) is 0 Å². The first-order valence-electron chi connectivity index (χ1n) is 5.11. The quantitative estimate of drug-likeness (QED) is 0.880. The highest BCUT2D eigenvalue weighted by atomic mass is 79.9. The largest absolute Gasteiger partial charge is 0.456 e. The predicted molar refractivity (Wildman–Crippen MR) is 76.2 cm³/mol. The number of hydrogen-bond donors (Lipinski definition) is 1. The van der Waals surface area contributed by atoms with Gasteiger partial charge in [-0.05, 0) is 51.8 Å². The van der Waals surface area contributed by atoms with E-state index in [9.17, 15) is 0 Å². The molecule has 4 heteroatoms. The Morgan fingerprint density at radius 2 is 1.88 bits per heavy atom. The van der Waals surface area contributed by atoms with Crippen molar-refractivity contribution in [2.45, 2.75) is 6.54 Å². The maximum Gasteiger partial charge on any atom is 0.141 e. The lowest BCUT2D eigenvalue weighted by Crippen LogP contribution is -1.96. The average Bonchev–Trinajstić information content (AvgIpc) is 2.33. The number of rotatable bonds is 3. The number of benzene rings is 2. The normalized spacial score (nSPS) is 10.3. The van der Waals surface area contributed by atoms with Gasteiger partial charge < -0.3 is 10.5 Å². The van der Waals surface area contributed by atoms with E-state index in [-0.39, 0.29) is 0 Å². The average molecular weight is 357 g/mol. The van der Waals surface area contributed by atoms with Gasteiger partial charge in [0.05, 0.1) is 4.47 Å². The fourth-order valence-corrected chi connectivity index (χ4v) is 2.55. The Bertz CT molecular complexity index is 529. The van der Waals surface area contributed by atoms with E-state index in [2.05, 4.69) is 31.9 Å². The molecule has 2 nitrogen and oxygen atoms in total. The van der Waals surface area contributed by atoms with Crippen LogP contribution in [0.15, 0.2) is 51.4 Å². The monoisotopic (exact) mass is 355 g/mol. The summed E-state index contributed by atoms with van der Waals surface area (Å²) in [5.41, 5.74) is 6.64. The summed E-state index contributed by atoms with van der Waals surface area (Å²) >= 11 is 6.86. The highest BCUT2D eigenvalue weighted by Crippen LogP contribution is 2.32. The second kappa shape index (κ2) is 5.67. The second-order valence-corrected chi connectivity index (χ2v) is 5.30. The van der Waals surface area contributed by atoms with Gasteiger partial charge in [0.15, 0.2) is 0 Å². The minimum atomic E-state index is 0.513.